The number of halogens is 4. The Labute approximate surface area is 213 Å². The van der Waals surface area contributed by atoms with Crippen molar-refractivity contribution in [1.82, 2.24) is 5.32 Å². The molecule has 1 atom stereocenters. The molecule has 4 rings (SSSR count). The van der Waals surface area contributed by atoms with E-state index in [4.69, 9.17) is 21.4 Å². The van der Waals surface area contributed by atoms with Crippen LogP contribution in [0.25, 0.3) is 0 Å². The molecule has 2 heterocycles. The van der Waals surface area contributed by atoms with Gasteiger partial charge in [-0.15, -0.1) is 24.5 Å². The molecule has 1 amide bonds. The first kappa shape index (κ1) is 26.0. The van der Waals surface area contributed by atoms with Gasteiger partial charge in [-0.3, -0.25) is 4.79 Å². The Morgan fingerprint density at radius 2 is 1.94 bits per heavy atom. The van der Waals surface area contributed by atoms with Crippen LogP contribution < -0.4 is 10.1 Å². The summed E-state index contributed by atoms with van der Waals surface area (Å²) in [5, 5.41) is 11.9. The second kappa shape index (κ2) is 10.5. The zero-order valence-corrected chi connectivity index (χ0v) is 20.5. The van der Waals surface area contributed by atoms with Crippen molar-refractivity contribution >= 4 is 34.8 Å². The molecule has 0 aliphatic carbocycles. The number of hydrogen-bond donors (Lipinski definition) is 2. The van der Waals surface area contributed by atoms with Gasteiger partial charge in [-0.05, 0) is 54.3 Å². The van der Waals surface area contributed by atoms with Crippen LogP contribution in [0.1, 0.15) is 60.1 Å². The predicted molar refractivity (Wildman–Crippen MR) is 128 cm³/mol. The normalized spacial score (nSPS) is 14.1. The van der Waals surface area contributed by atoms with E-state index >= 15 is 0 Å². The van der Waals surface area contributed by atoms with E-state index in [9.17, 15) is 22.8 Å². The van der Waals surface area contributed by atoms with E-state index < -0.39 is 24.1 Å². The van der Waals surface area contributed by atoms with Gasteiger partial charge < -0.3 is 19.9 Å². The molecule has 0 saturated carbocycles. The molecular weight excluding hydrogens is 519 g/mol. The van der Waals surface area contributed by atoms with Crippen molar-refractivity contribution in [2.75, 3.05) is 6.61 Å². The summed E-state index contributed by atoms with van der Waals surface area (Å²) in [7, 11) is 0. The summed E-state index contributed by atoms with van der Waals surface area (Å²) in [4.78, 5) is 26.2. The van der Waals surface area contributed by atoms with Crippen LogP contribution in [-0.2, 0) is 24.2 Å². The zero-order chi connectivity index (χ0) is 26.0. The quantitative estimate of drug-likeness (QED) is 0.376. The Kier molecular flexibility index (Phi) is 7.58. The van der Waals surface area contributed by atoms with Gasteiger partial charge in [0.05, 0.1) is 35.4 Å². The van der Waals surface area contributed by atoms with Crippen molar-refractivity contribution < 1.29 is 37.3 Å². The average molecular weight is 540 g/mol. The van der Waals surface area contributed by atoms with Crippen LogP contribution in [0.15, 0.2) is 42.5 Å². The fraction of sp³-hybridized carbons (Fsp3) is 0.280. The van der Waals surface area contributed by atoms with Crippen molar-refractivity contribution in [2.24, 2.45) is 0 Å². The standard InChI is InChI=1S/C25H21ClF3NO5S/c1-13(15-3-5-16(6-4-15)24(32)33)30-23(31)22-17-8-9-34-12-21(17)36-20(22)11-14-2-7-19(18(26)10-14)35-25(27,28)29/h2-7,10,13H,8-9,11-12H2,1H3,(H,30,31)(H,32,33)/t13-/m0/s1. The number of amides is 1. The van der Waals surface area contributed by atoms with E-state index in [1.165, 1.54) is 35.6 Å². The van der Waals surface area contributed by atoms with Crippen molar-refractivity contribution in [3.05, 3.63) is 85.1 Å². The summed E-state index contributed by atoms with van der Waals surface area (Å²) >= 11 is 7.44. The molecule has 2 aromatic carbocycles. The van der Waals surface area contributed by atoms with Crippen LogP contribution in [0, 0.1) is 0 Å². The second-order valence-electron chi connectivity index (χ2n) is 8.22. The molecule has 0 saturated heterocycles. The SMILES string of the molecule is C[C@H](NC(=O)c1c(Cc2ccc(OC(F)(F)F)c(Cl)c2)sc2c1CCOC2)c1ccc(C(=O)O)cc1. The Morgan fingerprint density at radius 3 is 2.58 bits per heavy atom. The smallest absolute Gasteiger partial charge is 0.478 e. The maximum Gasteiger partial charge on any atom is 0.573 e. The number of thiophene rings is 1. The Morgan fingerprint density at radius 1 is 1.22 bits per heavy atom. The van der Waals surface area contributed by atoms with Gasteiger partial charge in [0.1, 0.15) is 5.75 Å². The largest absolute Gasteiger partial charge is 0.573 e. The minimum Gasteiger partial charge on any atom is -0.478 e. The molecule has 2 N–H and O–H groups in total. The molecule has 6 nitrogen and oxygen atoms in total. The van der Waals surface area contributed by atoms with Gasteiger partial charge in [0.15, 0.2) is 0 Å². The lowest BCUT2D eigenvalue weighted by Crippen LogP contribution is -2.28. The number of nitrogens with one attached hydrogen (secondary N) is 1. The third kappa shape index (κ3) is 6.00. The predicted octanol–water partition coefficient (Wildman–Crippen LogP) is 6.15. The van der Waals surface area contributed by atoms with Crippen molar-refractivity contribution in [3.8, 4) is 5.75 Å². The first-order chi connectivity index (χ1) is 17.0. The first-order valence-corrected chi connectivity index (χ1v) is 12.1. The first-order valence-electron chi connectivity index (χ1n) is 10.9. The summed E-state index contributed by atoms with van der Waals surface area (Å²) < 4.78 is 47.2. The van der Waals surface area contributed by atoms with E-state index in [2.05, 4.69) is 10.1 Å². The van der Waals surface area contributed by atoms with E-state index in [1.807, 2.05) is 0 Å². The van der Waals surface area contributed by atoms with Gasteiger partial charge in [-0.25, -0.2) is 4.79 Å². The highest BCUT2D eigenvalue weighted by Crippen LogP contribution is 2.36. The van der Waals surface area contributed by atoms with Crippen molar-refractivity contribution in [2.45, 2.75) is 38.8 Å². The summed E-state index contributed by atoms with van der Waals surface area (Å²) in [6.07, 6.45) is -4.00. The van der Waals surface area contributed by atoms with Gasteiger partial charge in [0, 0.05) is 16.2 Å². The monoisotopic (exact) mass is 539 g/mol. The molecule has 36 heavy (non-hydrogen) atoms. The number of benzene rings is 2. The topological polar surface area (TPSA) is 84.9 Å². The van der Waals surface area contributed by atoms with Crippen LogP contribution >= 0.6 is 22.9 Å². The number of alkyl halides is 3. The number of rotatable bonds is 7. The molecule has 190 valence electrons. The number of carbonyl (C=O) groups is 2. The maximum atomic E-state index is 13.4. The fourth-order valence-electron chi connectivity index (χ4n) is 3.99. The molecule has 1 aliphatic heterocycles. The number of carbonyl (C=O) groups excluding carboxylic acids is 1. The third-order valence-electron chi connectivity index (χ3n) is 5.71. The third-order valence-corrected chi connectivity index (χ3v) is 7.21. The Balaban J connectivity index is 1.58. The fourth-order valence-corrected chi connectivity index (χ4v) is 5.56. The van der Waals surface area contributed by atoms with Gasteiger partial charge in [-0.1, -0.05) is 29.8 Å². The van der Waals surface area contributed by atoms with Crippen molar-refractivity contribution in [1.29, 1.82) is 0 Å². The number of fused-ring (bicyclic) bond motifs is 1. The van der Waals surface area contributed by atoms with Crippen molar-refractivity contribution in [3.63, 3.8) is 0 Å². The number of hydrogen-bond acceptors (Lipinski definition) is 5. The molecule has 0 spiro atoms. The Hall–Kier alpha value is -3.08. The number of carboxylic acids is 1. The van der Waals surface area contributed by atoms with E-state index in [0.717, 1.165) is 26.9 Å². The molecule has 3 aromatic rings. The van der Waals surface area contributed by atoms with Gasteiger partial charge in [0.25, 0.3) is 5.91 Å². The van der Waals surface area contributed by atoms with Crippen LogP contribution in [0.5, 0.6) is 5.75 Å². The summed E-state index contributed by atoms with van der Waals surface area (Å²) in [6.45, 7) is 2.66. The number of ether oxygens (including phenoxy) is 2. The molecule has 11 heteroatoms. The molecule has 0 radical (unpaired) electrons. The van der Waals surface area contributed by atoms with Crippen LogP contribution in [0.4, 0.5) is 13.2 Å². The van der Waals surface area contributed by atoms with E-state index in [-0.39, 0.29) is 22.9 Å². The lowest BCUT2D eigenvalue weighted by atomic mass is 9.99. The highest BCUT2D eigenvalue weighted by Gasteiger charge is 2.32. The van der Waals surface area contributed by atoms with E-state index in [0.29, 0.717) is 30.8 Å². The molecule has 1 aromatic heterocycles. The zero-order valence-electron chi connectivity index (χ0n) is 18.9. The highest BCUT2D eigenvalue weighted by molar-refractivity contribution is 7.12. The lowest BCUT2D eigenvalue weighted by molar-refractivity contribution is -0.274. The lowest BCUT2D eigenvalue weighted by Gasteiger charge is -2.18. The molecule has 0 fully saturated rings. The van der Waals surface area contributed by atoms with Gasteiger partial charge in [0.2, 0.25) is 0 Å². The summed E-state index contributed by atoms with van der Waals surface area (Å²) in [6, 6.07) is 9.90. The molecule has 1 aliphatic rings. The number of carboxylic acid groups (broad SMARTS) is 1. The summed E-state index contributed by atoms with van der Waals surface area (Å²) in [5.74, 6) is -1.82. The maximum absolute atomic E-state index is 13.4. The second-order valence-corrected chi connectivity index (χ2v) is 9.81. The van der Waals surface area contributed by atoms with E-state index in [1.54, 1.807) is 19.1 Å². The molecule has 0 bridgehead atoms. The number of aromatic carboxylic acids is 1. The molecular formula is C25H21ClF3NO5S. The Bertz CT molecular complexity index is 1290. The minimum atomic E-state index is -4.85. The van der Waals surface area contributed by atoms with Crippen LogP contribution in [0.2, 0.25) is 5.02 Å². The van der Waals surface area contributed by atoms with Gasteiger partial charge >= 0.3 is 12.3 Å². The summed E-state index contributed by atoms with van der Waals surface area (Å²) in [5.41, 5.74) is 2.95. The average Bonchev–Trinajstić information content (AvgIpc) is 3.18. The highest BCUT2D eigenvalue weighted by atomic mass is 35.5. The van der Waals surface area contributed by atoms with Crippen LogP contribution in [-0.4, -0.2) is 30.0 Å². The van der Waals surface area contributed by atoms with Gasteiger partial charge in [-0.2, -0.15) is 0 Å². The van der Waals surface area contributed by atoms with Crippen LogP contribution in [0.3, 0.4) is 0 Å². The minimum absolute atomic E-state index is 0.150. The molecule has 0 unspecified atom stereocenters.